The molecule has 0 aromatic heterocycles. The van der Waals surface area contributed by atoms with Crippen LogP contribution in [0.1, 0.15) is 34.6 Å². The van der Waals surface area contributed by atoms with Crippen molar-refractivity contribution >= 4 is 5.78 Å². The molecule has 3 nitrogen and oxygen atoms in total. The Bertz CT molecular complexity index is 172. The lowest BCUT2D eigenvalue weighted by molar-refractivity contribution is -0.121. The quantitative estimate of drug-likeness (QED) is 0.602. The molecule has 0 rings (SSSR count). The van der Waals surface area contributed by atoms with E-state index < -0.39 is 0 Å². The molecule has 96 valence electrons. The molecule has 0 unspecified atom stereocenters. The fraction of sp³-hybridized carbons (Fsp3) is 0.923. The Balaban J connectivity index is 4.31. The van der Waals surface area contributed by atoms with Crippen molar-refractivity contribution in [2.75, 3.05) is 39.3 Å². The Morgan fingerprint density at radius 2 is 1.19 bits per heavy atom. The van der Waals surface area contributed by atoms with E-state index in [2.05, 4.69) is 37.5 Å². The molecule has 16 heavy (non-hydrogen) atoms. The van der Waals surface area contributed by atoms with Gasteiger partial charge in [-0.25, -0.2) is 0 Å². The van der Waals surface area contributed by atoms with Crippen LogP contribution in [0.4, 0.5) is 0 Å². The smallest absolute Gasteiger partial charge is 0.135 e. The third-order valence-electron chi connectivity index (χ3n) is 3.32. The van der Waals surface area contributed by atoms with Crippen LogP contribution < -0.4 is 0 Å². The van der Waals surface area contributed by atoms with E-state index in [1.165, 1.54) is 0 Å². The maximum absolute atomic E-state index is 11.6. The Hall–Kier alpha value is -0.410. The second-order valence-electron chi connectivity index (χ2n) is 4.28. The maximum Gasteiger partial charge on any atom is 0.135 e. The molecule has 0 amide bonds. The van der Waals surface area contributed by atoms with Crippen molar-refractivity contribution in [3.63, 3.8) is 0 Å². The molecule has 0 spiro atoms. The van der Waals surface area contributed by atoms with Crippen molar-refractivity contribution < 1.29 is 4.79 Å². The molecule has 0 aliphatic rings. The van der Waals surface area contributed by atoms with Crippen molar-refractivity contribution in [3.8, 4) is 0 Å². The summed E-state index contributed by atoms with van der Waals surface area (Å²) >= 11 is 0. The number of carbonyl (C=O) groups excluding carboxylic acids is 1. The molecule has 0 aliphatic heterocycles. The van der Waals surface area contributed by atoms with Gasteiger partial charge in [0.1, 0.15) is 5.78 Å². The van der Waals surface area contributed by atoms with Crippen LogP contribution in [0.25, 0.3) is 0 Å². The first kappa shape index (κ1) is 15.6. The number of rotatable bonds is 9. The molecule has 0 atom stereocenters. The summed E-state index contributed by atoms with van der Waals surface area (Å²) in [7, 11) is 0. The highest BCUT2D eigenvalue weighted by atomic mass is 16.1. The van der Waals surface area contributed by atoms with Crippen LogP contribution in [0, 0.1) is 5.92 Å². The molecule has 0 aliphatic carbocycles. The van der Waals surface area contributed by atoms with E-state index in [0.29, 0.717) is 5.78 Å². The van der Waals surface area contributed by atoms with Crippen molar-refractivity contribution in [2.45, 2.75) is 34.6 Å². The van der Waals surface area contributed by atoms with Crippen LogP contribution >= 0.6 is 0 Å². The monoisotopic (exact) mass is 228 g/mol. The molecule has 0 aromatic rings. The minimum Gasteiger partial charge on any atom is -0.303 e. The Morgan fingerprint density at radius 3 is 1.38 bits per heavy atom. The average Bonchev–Trinajstić information content (AvgIpc) is 2.29. The van der Waals surface area contributed by atoms with Gasteiger partial charge in [-0.15, -0.1) is 0 Å². The predicted octanol–water partition coefficient (Wildman–Crippen LogP) is 1.88. The minimum absolute atomic E-state index is 0.166. The van der Waals surface area contributed by atoms with Crippen LogP contribution in [0.3, 0.4) is 0 Å². The van der Waals surface area contributed by atoms with Gasteiger partial charge in [0.05, 0.1) is 0 Å². The van der Waals surface area contributed by atoms with Crippen molar-refractivity contribution in [1.82, 2.24) is 9.80 Å². The summed E-state index contributed by atoms with van der Waals surface area (Å²) in [6.45, 7) is 16.2. The summed E-state index contributed by atoms with van der Waals surface area (Å²) in [5, 5.41) is 0. The molecule has 0 bridgehead atoms. The van der Waals surface area contributed by atoms with E-state index in [-0.39, 0.29) is 5.92 Å². The standard InChI is InChI=1S/C13H28N2O/c1-6-14(7-2)10-13(12(5)16)11-15(8-3)9-4/h13H,6-11H2,1-5H3. The summed E-state index contributed by atoms with van der Waals surface area (Å²) in [5.41, 5.74) is 0. The summed E-state index contributed by atoms with van der Waals surface area (Å²) in [5.74, 6) is 0.485. The molecule has 0 heterocycles. The van der Waals surface area contributed by atoms with Crippen LogP contribution in [-0.2, 0) is 4.79 Å². The first-order valence-electron chi connectivity index (χ1n) is 6.54. The number of carbonyl (C=O) groups is 1. The highest BCUT2D eigenvalue weighted by molar-refractivity contribution is 5.78. The molecule has 0 radical (unpaired) electrons. The molecule has 0 N–H and O–H groups in total. The average molecular weight is 228 g/mol. The molecular weight excluding hydrogens is 200 g/mol. The highest BCUT2D eigenvalue weighted by Gasteiger charge is 2.19. The van der Waals surface area contributed by atoms with E-state index in [4.69, 9.17) is 0 Å². The second-order valence-corrected chi connectivity index (χ2v) is 4.28. The van der Waals surface area contributed by atoms with E-state index in [9.17, 15) is 4.79 Å². The van der Waals surface area contributed by atoms with Crippen molar-refractivity contribution in [2.24, 2.45) is 5.92 Å². The summed E-state index contributed by atoms with van der Waals surface area (Å²) in [6, 6.07) is 0. The molecule has 0 fully saturated rings. The minimum atomic E-state index is 0.166. The lowest BCUT2D eigenvalue weighted by Gasteiger charge is -2.28. The normalized spacial score (nSPS) is 11.8. The molecule has 0 saturated heterocycles. The topological polar surface area (TPSA) is 23.6 Å². The van der Waals surface area contributed by atoms with Gasteiger partial charge in [-0.05, 0) is 33.1 Å². The van der Waals surface area contributed by atoms with E-state index in [1.807, 2.05) is 0 Å². The summed E-state index contributed by atoms with van der Waals surface area (Å²) < 4.78 is 0. The summed E-state index contributed by atoms with van der Waals surface area (Å²) in [4.78, 5) is 16.3. The number of Topliss-reactive ketones (excluding diaryl/α,β-unsaturated/α-hetero) is 1. The zero-order valence-electron chi connectivity index (χ0n) is 11.6. The zero-order valence-corrected chi connectivity index (χ0v) is 11.6. The van der Waals surface area contributed by atoms with Gasteiger partial charge in [-0.2, -0.15) is 0 Å². The first-order valence-corrected chi connectivity index (χ1v) is 6.54. The van der Waals surface area contributed by atoms with Crippen LogP contribution in [-0.4, -0.2) is 54.9 Å². The van der Waals surface area contributed by atoms with E-state index in [1.54, 1.807) is 6.92 Å². The first-order chi connectivity index (χ1) is 7.58. The van der Waals surface area contributed by atoms with E-state index >= 15 is 0 Å². The fourth-order valence-corrected chi connectivity index (χ4v) is 1.90. The number of ketones is 1. The highest BCUT2D eigenvalue weighted by Crippen LogP contribution is 2.05. The van der Waals surface area contributed by atoms with E-state index in [0.717, 1.165) is 39.3 Å². The third-order valence-corrected chi connectivity index (χ3v) is 3.32. The van der Waals surface area contributed by atoms with Gasteiger partial charge < -0.3 is 9.80 Å². The van der Waals surface area contributed by atoms with Gasteiger partial charge in [0.2, 0.25) is 0 Å². The van der Waals surface area contributed by atoms with Gasteiger partial charge in [-0.1, -0.05) is 27.7 Å². The van der Waals surface area contributed by atoms with Crippen LogP contribution in [0.2, 0.25) is 0 Å². The number of hydrogen-bond donors (Lipinski definition) is 0. The van der Waals surface area contributed by atoms with Crippen molar-refractivity contribution in [1.29, 1.82) is 0 Å². The molecule has 3 heteroatoms. The van der Waals surface area contributed by atoms with Crippen LogP contribution in [0.15, 0.2) is 0 Å². The Kier molecular flexibility index (Phi) is 8.49. The largest absolute Gasteiger partial charge is 0.303 e. The van der Waals surface area contributed by atoms with Gasteiger partial charge in [-0.3, -0.25) is 4.79 Å². The zero-order chi connectivity index (χ0) is 12.6. The lowest BCUT2D eigenvalue weighted by atomic mass is 10.0. The van der Waals surface area contributed by atoms with Gasteiger partial charge in [0, 0.05) is 19.0 Å². The molecular formula is C13H28N2O. The lowest BCUT2D eigenvalue weighted by Crippen LogP contribution is -2.39. The Labute approximate surface area is 101 Å². The van der Waals surface area contributed by atoms with Gasteiger partial charge in [0.25, 0.3) is 0 Å². The van der Waals surface area contributed by atoms with Crippen LogP contribution in [0.5, 0.6) is 0 Å². The molecule has 0 saturated carbocycles. The maximum atomic E-state index is 11.6. The predicted molar refractivity (Wildman–Crippen MR) is 69.7 cm³/mol. The SMILES string of the molecule is CCN(CC)CC(CN(CC)CC)C(C)=O. The number of hydrogen-bond acceptors (Lipinski definition) is 3. The Morgan fingerprint density at radius 1 is 0.875 bits per heavy atom. The summed E-state index contributed by atoms with van der Waals surface area (Å²) in [6.07, 6.45) is 0. The van der Waals surface area contributed by atoms with Gasteiger partial charge in [0.15, 0.2) is 0 Å². The number of nitrogens with zero attached hydrogens (tertiary/aromatic N) is 2. The second kappa shape index (κ2) is 8.71. The fourth-order valence-electron chi connectivity index (χ4n) is 1.90. The molecule has 0 aromatic carbocycles. The third kappa shape index (κ3) is 5.61. The van der Waals surface area contributed by atoms with Gasteiger partial charge >= 0.3 is 0 Å². The van der Waals surface area contributed by atoms with Crippen molar-refractivity contribution in [3.05, 3.63) is 0 Å².